The molecule has 3 nitrogen and oxygen atoms in total. The van der Waals surface area contributed by atoms with Gasteiger partial charge in [-0.05, 0) is 12.1 Å². The standard InChI is InChI=1S/C10H12O3S/c1-2-10(12-5-6-13-10)9-4-3-8(7-11)14-9/h3-4,7H,2,5-6H2,1H3. The van der Waals surface area contributed by atoms with Gasteiger partial charge >= 0.3 is 0 Å². The van der Waals surface area contributed by atoms with Gasteiger partial charge in [-0.15, -0.1) is 11.3 Å². The Morgan fingerprint density at radius 3 is 2.71 bits per heavy atom. The van der Waals surface area contributed by atoms with Gasteiger partial charge < -0.3 is 9.47 Å². The van der Waals surface area contributed by atoms with Crippen LogP contribution in [0.4, 0.5) is 0 Å². The Balaban J connectivity index is 2.30. The second-order valence-electron chi connectivity index (χ2n) is 3.12. The summed E-state index contributed by atoms with van der Waals surface area (Å²) in [6.45, 7) is 3.27. The minimum Gasteiger partial charge on any atom is -0.343 e. The Kier molecular flexibility index (Phi) is 2.67. The molecule has 0 spiro atoms. The Hall–Kier alpha value is -0.710. The average Bonchev–Trinajstić information content (AvgIpc) is 2.87. The first-order valence-corrected chi connectivity index (χ1v) is 5.46. The van der Waals surface area contributed by atoms with Crippen molar-refractivity contribution in [3.63, 3.8) is 0 Å². The van der Waals surface area contributed by atoms with Gasteiger partial charge in [0, 0.05) is 6.42 Å². The molecule has 0 aromatic carbocycles. The number of carbonyl (C=O) groups excluding carboxylic acids is 1. The van der Waals surface area contributed by atoms with E-state index in [1.165, 1.54) is 11.3 Å². The van der Waals surface area contributed by atoms with Crippen LogP contribution in [0, 0.1) is 0 Å². The van der Waals surface area contributed by atoms with E-state index in [2.05, 4.69) is 0 Å². The smallest absolute Gasteiger partial charge is 0.204 e. The first-order chi connectivity index (χ1) is 6.80. The van der Waals surface area contributed by atoms with E-state index in [1.54, 1.807) is 6.07 Å². The van der Waals surface area contributed by atoms with Crippen LogP contribution in [0.25, 0.3) is 0 Å². The van der Waals surface area contributed by atoms with Crippen LogP contribution in [0.15, 0.2) is 12.1 Å². The Morgan fingerprint density at radius 1 is 1.50 bits per heavy atom. The van der Waals surface area contributed by atoms with Crippen molar-refractivity contribution >= 4 is 17.6 Å². The van der Waals surface area contributed by atoms with Crippen molar-refractivity contribution in [1.82, 2.24) is 0 Å². The van der Waals surface area contributed by atoms with Gasteiger partial charge in [0.05, 0.1) is 23.0 Å². The third-order valence-corrected chi connectivity index (χ3v) is 3.47. The van der Waals surface area contributed by atoms with Gasteiger partial charge in [0.25, 0.3) is 0 Å². The summed E-state index contributed by atoms with van der Waals surface area (Å²) in [5.41, 5.74) is 0. The van der Waals surface area contributed by atoms with Crippen molar-refractivity contribution in [3.8, 4) is 0 Å². The maximum atomic E-state index is 10.6. The molecule has 1 fully saturated rings. The van der Waals surface area contributed by atoms with Crippen LogP contribution < -0.4 is 0 Å². The number of aldehydes is 1. The highest BCUT2D eigenvalue weighted by Crippen LogP contribution is 2.38. The van der Waals surface area contributed by atoms with Crippen LogP contribution >= 0.6 is 11.3 Å². The molecule has 1 aromatic rings. The summed E-state index contributed by atoms with van der Waals surface area (Å²) >= 11 is 1.44. The van der Waals surface area contributed by atoms with E-state index in [9.17, 15) is 4.79 Å². The van der Waals surface area contributed by atoms with Crippen LogP contribution in [-0.2, 0) is 15.3 Å². The lowest BCUT2D eigenvalue weighted by molar-refractivity contribution is -0.164. The summed E-state index contributed by atoms with van der Waals surface area (Å²) in [7, 11) is 0. The summed E-state index contributed by atoms with van der Waals surface area (Å²) in [5.74, 6) is -0.591. The molecule has 0 radical (unpaired) electrons. The molecule has 14 heavy (non-hydrogen) atoms. The monoisotopic (exact) mass is 212 g/mol. The van der Waals surface area contributed by atoms with Gasteiger partial charge in [0.2, 0.25) is 5.79 Å². The lowest BCUT2D eigenvalue weighted by Gasteiger charge is -2.24. The van der Waals surface area contributed by atoms with E-state index >= 15 is 0 Å². The van der Waals surface area contributed by atoms with Gasteiger partial charge in [-0.25, -0.2) is 0 Å². The molecule has 1 saturated heterocycles. The Bertz CT molecular complexity index is 326. The SMILES string of the molecule is CCC1(c2ccc(C=O)s2)OCCO1. The van der Waals surface area contributed by atoms with Gasteiger partial charge in [0.15, 0.2) is 6.29 Å². The average molecular weight is 212 g/mol. The molecular weight excluding hydrogens is 200 g/mol. The lowest BCUT2D eigenvalue weighted by atomic mass is 10.2. The summed E-state index contributed by atoms with van der Waals surface area (Å²) in [4.78, 5) is 12.3. The Labute approximate surface area is 86.6 Å². The molecule has 0 aliphatic carbocycles. The van der Waals surface area contributed by atoms with E-state index in [0.717, 1.165) is 17.6 Å². The van der Waals surface area contributed by atoms with Gasteiger partial charge in [-0.1, -0.05) is 6.92 Å². The third-order valence-electron chi connectivity index (χ3n) is 2.34. The zero-order chi connectivity index (χ0) is 10.0. The van der Waals surface area contributed by atoms with Crippen molar-refractivity contribution in [2.75, 3.05) is 13.2 Å². The number of hydrogen-bond donors (Lipinski definition) is 0. The fourth-order valence-corrected chi connectivity index (χ4v) is 2.59. The summed E-state index contributed by atoms with van der Waals surface area (Å²) in [6, 6.07) is 3.71. The van der Waals surface area contributed by atoms with E-state index in [0.29, 0.717) is 18.1 Å². The van der Waals surface area contributed by atoms with Crippen LogP contribution in [0.2, 0.25) is 0 Å². The molecule has 2 rings (SSSR count). The molecule has 0 bridgehead atoms. The van der Waals surface area contributed by atoms with Crippen molar-refractivity contribution in [2.45, 2.75) is 19.1 Å². The van der Waals surface area contributed by atoms with Gasteiger partial charge in [-0.2, -0.15) is 0 Å². The van der Waals surface area contributed by atoms with Gasteiger partial charge in [-0.3, -0.25) is 4.79 Å². The molecule has 1 aliphatic rings. The van der Waals surface area contributed by atoms with Crippen molar-refractivity contribution in [2.24, 2.45) is 0 Å². The number of thiophene rings is 1. The maximum absolute atomic E-state index is 10.6. The highest BCUT2D eigenvalue weighted by Gasteiger charge is 2.37. The van der Waals surface area contributed by atoms with Crippen molar-refractivity contribution < 1.29 is 14.3 Å². The molecule has 0 saturated carbocycles. The number of ether oxygens (including phenoxy) is 2. The second-order valence-corrected chi connectivity index (χ2v) is 4.24. The number of carbonyl (C=O) groups is 1. The molecule has 4 heteroatoms. The minimum absolute atomic E-state index is 0.591. The summed E-state index contributed by atoms with van der Waals surface area (Å²) in [6.07, 6.45) is 1.62. The molecular formula is C10H12O3S. The molecule has 1 aromatic heterocycles. The Morgan fingerprint density at radius 2 is 2.21 bits per heavy atom. The summed E-state index contributed by atoms with van der Waals surface area (Å²) in [5, 5.41) is 0. The predicted octanol–water partition coefficient (Wildman–Crippen LogP) is 2.17. The highest BCUT2D eigenvalue weighted by molar-refractivity contribution is 7.13. The molecule has 0 unspecified atom stereocenters. The predicted molar refractivity (Wildman–Crippen MR) is 53.6 cm³/mol. The van der Waals surface area contributed by atoms with Crippen LogP contribution in [0.3, 0.4) is 0 Å². The first kappa shape index (κ1) is 9.83. The second kappa shape index (κ2) is 3.81. The van der Waals surface area contributed by atoms with Crippen LogP contribution in [0.5, 0.6) is 0 Å². The first-order valence-electron chi connectivity index (χ1n) is 4.64. The van der Waals surface area contributed by atoms with Gasteiger partial charge in [0.1, 0.15) is 0 Å². The van der Waals surface area contributed by atoms with Crippen molar-refractivity contribution in [3.05, 3.63) is 21.9 Å². The van der Waals surface area contributed by atoms with E-state index in [-0.39, 0.29) is 0 Å². The number of rotatable bonds is 3. The largest absolute Gasteiger partial charge is 0.343 e. The highest BCUT2D eigenvalue weighted by atomic mass is 32.1. The zero-order valence-electron chi connectivity index (χ0n) is 7.99. The van der Waals surface area contributed by atoms with E-state index < -0.39 is 5.79 Å². The molecule has 76 valence electrons. The zero-order valence-corrected chi connectivity index (χ0v) is 8.80. The molecule has 0 amide bonds. The summed E-state index contributed by atoms with van der Waals surface area (Å²) < 4.78 is 11.2. The molecule has 0 atom stereocenters. The fraction of sp³-hybridized carbons (Fsp3) is 0.500. The fourth-order valence-electron chi connectivity index (χ4n) is 1.60. The molecule has 2 heterocycles. The topological polar surface area (TPSA) is 35.5 Å². The molecule has 0 N–H and O–H groups in total. The maximum Gasteiger partial charge on any atom is 0.204 e. The van der Waals surface area contributed by atoms with Crippen molar-refractivity contribution in [1.29, 1.82) is 0 Å². The molecule has 1 aliphatic heterocycles. The van der Waals surface area contributed by atoms with Crippen LogP contribution in [-0.4, -0.2) is 19.5 Å². The third kappa shape index (κ3) is 1.49. The quantitative estimate of drug-likeness (QED) is 0.720. The van der Waals surface area contributed by atoms with Crippen LogP contribution in [0.1, 0.15) is 27.9 Å². The lowest BCUT2D eigenvalue weighted by Crippen LogP contribution is -2.24. The van der Waals surface area contributed by atoms with E-state index in [1.807, 2.05) is 13.0 Å². The normalized spacial score (nSPS) is 19.8. The van der Waals surface area contributed by atoms with E-state index in [4.69, 9.17) is 9.47 Å². The minimum atomic E-state index is -0.591. The number of hydrogen-bond acceptors (Lipinski definition) is 4.